The number of ether oxygens (including phenoxy) is 1. The standard InChI is InChI=1S/C14H12FNO4S/c1-7-5-9(14(18)19)13(21-7)16-12(17)8-3-4-10(15)11(6-8)20-2/h3-6H,1-2H3,(H,16,17)(H,18,19). The number of thiophene rings is 1. The zero-order valence-corrected chi connectivity index (χ0v) is 12.1. The zero-order chi connectivity index (χ0) is 15.6. The number of carboxylic acid groups (broad SMARTS) is 1. The van der Waals surface area contributed by atoms with E-state index < -0.39 is 17.7 Å². The Labute approximate surface area is 124 Å². The third-order valence-corrected chi connectivity index (χ3v) is 3.69. The number of halogens is 1. The molecule has 0 atom stereocenters. The highest BCUT2D eigenvalue weighted by atomic mass is 32.1. The number of nitrogens with one attached hydrogen (secondary N) is 1. The number of carbonyl (C=O) groups is 2. The quantitative estimate of drug-likeness (QED) is 0.909. The fraction of sp³-hybridized carbons (Fsp3) is 0.143. The maximum Gasteiger partial charge on any atom is 0.338 e. The number of hydrogen-bond donors (Lipinski definition) is 2. The molecule has 0 spiro atoms. The number of methoxy groups -OCH3 is 1. The van der Waals surface area contributed by atoms with Gasteiger partial charge in [0, 0.05) is 10.4 Å². The van der Waals surface area contributed by atoms with Gasteiger partial charge in [-0.15, -0.1) is 11.3 Å². The van der Waals surface area contributed by atoms with Gasteiger partial charge in [0.2, 0.25) is 0 Å². The van der Waals surface area contributed by atoms with E-state index in [0.29, 0.717) is 0 Å². The third-order valence-electron chi connectivity index (χ3n) is 2.73. The Hall–Kier alpha value is -2.41. The van der Waals surface area contributed by atoms with Gasteiger partial charge in [0.25, 0.3) is 5.91 Å². The van der Waals surface area contributed by atoms with Crippen molar-refractivity contribution in [3.05, 3.63) is 46.1 Å². The largest absolute Gasteiger partial charge is 0.494 e. The average molecular weight is 309 g/mol. The van der Waals surface area contributed by atoms with E-state index in [9.17, 15) is 14.0 Å². The summed E-state index contributed by atoms with van der Waals surface area (Å²) in [6, 6.07) is 5.15. The van der Waals surface area contributed by atoms with Gasteiger partial charge in [-0.2, -0.15) is 0 Å². The van der Waals surface area contributed by atoms with Gasteiger partial charge >= 0.3 is 5.97 Å². The zero-order valence-electron chi connectivity index (χ0n) is 11.3. The molecular formula is C14H12FNO4S. The summed E-state index contributed by atoms with van der Waals surface area (Å²) < 4.78 is 18.1. The molecule has 0 aliphatic heterocycles. The summed E-state index contributed by atoms with van der Waals surface area (Å²) in [6.45, 7) is 1.74. The Morgan fingerprint density at radius 2 is 2.05 bits per heavy atom. The molecule has 2 aromatic rings. The minimum Gasteiger partial charge on any atom is -0.494 e. The van der Waals surface area contributed by atoms with Crippen molar-refractivity contribution in [2.24, 2.45) is 0 Å². The van der Waals surface area contributed by atoms with Crippen molar-refractivity contribution in [2.45, 2.75) is 6.92 Å². The van der Waals surface area contributed by atoms with Crippen LogP contribution in [0.2, 0.25) is 0 Å². The summed E-state index contributed by atoms with van der Waals surface area (Å²) in [5, 5.41) is 11.8. The summed E-state index contributed by atoms with van der Waals surface area (Å²) in [7, 11) is 1.30. The van der Waals surface area contributed by atoms with E-state index in [1.54, 1.807) is 6.92 Å². The Morgan fingerprint density at radius 1 is 1.33 bits per heavy atom. The van der Waals surface area contributed by atoms with E-state index in [0.717, 1.165) is 22.3 Å². The molecule has 2 N–H and O–H groups in total. The number of hydrogen-bond acceptors (Lipinski definition) is 4. The van der Waals surface area contributed by atoms with Crippen LogP contribution in [0.4, 0.5) is 9.39 Å². The summed E-state index contributed by atoms with van der Waals surface area (Å²) in [4.78, 5) is 23.9. The molecule has 7 heteroatoms. The summed E-state index contributed by atoms with van der Waals surface area (Å²) in [5.74, 6) is -2.28. The molecule has 0 saturated carbocycles. The van der Waals surface area contributed by atoms with Crippen LogP contribution in [-0.2, 0) is 0 Å². The van der Waals surface area contributed by atoms with Crippen LogP contribution in [0.3, 0.4) is 0 Å². The molecule has 0 fully saturated rings. The summed E-state index contributed by atoms with van der Waals surface area (Å²) in [5.41, 5.74) is 0.204. The van der Waals surface area contributed by atoms with Gasteiger partial charge in [-0.25, -0.2) is 9.18 Å². The van der Waals surface area contributed by atoms with Crippen LogP contribution in [0.1, 0.15) is 25.6 Å². The predicted molar refractivity (Wildman–Crippen MR) is 76.9 cm³/mol. The number of carboxylic acids is 1. The molecule has 0 aliphatic rings. The predicted octanol–water partition coefficient (Wildman–Crippen LogP) is 3.15. The minimum absolute atomic E-state index is 0.0277. The minimum atomic E-state index is -1.12. The monoisotopic (exact) mass is 309 g/mol. The van der Waals surface area contributed by atoms with E-state index in [4.69, 9.17) is 9.84 Å². The van der Waals surface area contributed by atoms with E-state index in [-0.39, 0.29) is 21.9 Å². The third kappa shape index (κ3) is 3.19. The van der Waals surface area contributed by atoms with Crippen LogP contribution in [0.25, 0.3) is 0 Å². The average Bonchev–Trinajstić information content (AvgIpc) is 2.80. The number of aryl methyl sites for hydroxylation is 1. The SMILES string of the molecule is COc1cc(C(=O)Nc2sc(C)cc2C(=O)O)ccc1F. The summed E-state index contributed by atoms with van der Waals surface area (Å²) in [6.07, 6.45) is 0. The van der Waals surface area contributed by atoms with Crippen molar-refractivity contribution in [3.63, 3.8) is 0 Å². The van der Waals surface area contributed by atoms with Crippen LogP contribution >= 0.6 is 11.3 Å². The molecule has 110 valence electrons. The Bertz CT molecular complexity index is 711. The number of carbonyl (C=O) groups excluding carboxylic acids is 1. The summed E-state index contributed by atoms with van der Waals surface area (Å²) >= 11 is 1.16. The number of anilines is 1. The van der Waals surface area contributed by atoms with Crippen molar-refractivity contribution in [1.82, 2.24) is 0 Å². The van der Waals surface area contributed by atoms with Gasteiger partial charge in [0.1, 0.15) is 5.00 Å². The second kappa shape index (κ2) is 5.92. The highest BCUT2D eigenvalue weighted by Crippen LogP contribution is 2.28. The lowest BCUT2D eigenvalue weighted by Gasteiger charge is -2.07. The fourth-order valence-corrected chi connectivity index (χ4v) is 2.64. The molecule has 5 nitrogen and oxygen atoms in total. The lowest BCUT2D eigenvalue weighted by Crippen LogP contribution is -2.13. The second-order valence-corrected chi connectivity index (χ2v) is 5.46. The lowest BCUT2D eigenvalue weighted by molar-refractivity contribution is 0.0698. The van der Waals surface area contributed by atoms with Crippen molar-refractivity contribution in [2.75, 3.05) is 12.4 Å². The lowest BCUT2D eigenvalue weighted by atomic mass is 10.2. The molecule has 2 rings (SSSR count). The van der Waals surface area contributed by atoms with Crippen molar-refractivity contribution in [1.29, 1.82) is 0 Å². The fourth-order valence-electron chi connectivity index (χ4n) is 1.74. The first-order valence-electron chi connectivity index (χ1n) is 5.91. The molecule has 0 radical (unpaired) electrons. The molecule has 1 aromatic carbocycles. The van der Waals surface area contributed by atoms with Gasteiger partial charge in [-0.3, -0.25) is 4.79 Å². The maximum absolute atomic E-state index is 13.3. The topological polar surface area (TPSA) is 75.6 Å². The molecule has 0 unspecified atom stereocenters. The first-order chi connectivity index (χ1) is 9.92. The Morgan fingerprint density at radius 3 is 2.67 bits per heavy atom. The molecule has 0 saturated heterocycles. The van der Waals surface area contributed by atoms with Crippen molar-refractivity contribution < 1.29 is 23.8 Å². The maximum atomic E-state index is 13.3. The van der Waals surface area contributed by atoms with Crippen molar-refractivity contribution >= 4 is 28.2 Å². The molecule has 0 bridgehead atoms. The number of rotatable bonds is 4. The molecular weight excluding hydrogens is 297 g/mol. The van der Waals surface area contributed by atoms with Crippen LogP contribution in [0, 0.1) is 12.7 Å². The van der Waals surface area contributed by atoms with Gasteiger partial charge in [-0.1, -0.05) is 0 Å². The molecule has 21 heavy (non-hydrogen) atoms. The van der Waals surface area contributed by atoms with Crippen molar-refractivity contribution in [3.8, 4) is 5.75 Å². The second-order valence-electron chi connectivity index (χ2n) is 4.21. The highest BCUT2D eigenvalue weighted by Gasteiger charge is 2.17. The van der Waals surface area contributed by atoms with E-state index in [1.807, 2.05) is 0 Å². The Balaban J connectivity index is 2.28. The van der Waals surface area contributed by atoms with Crippen LogP contribution in [0.15, 0.2) is 24.3 Å². The van der Waals surface area contributed by atoms with Gasteiger partial charge in [0.05, 0.1) is 12.7 Å². The van der Waals surface area contributed by atoms with Crippen LogP contribution in [0.5, 0.6) is 5.75 Å². The van der Waals surface area contributed by atoms with E-state index in [2.05, 4.69) is 5.32 Å². The number of aromatic carboxylic acids is 1. The van der Waals surface area contributed by atoms with Gasteiger partial charge < -0.3 is 15.2 Å². The van der Waals surface area contributed by atoms with Gasteiger partial charge in [0.15, 0.2) is 11.6 Å². The Kier molecular flexibility index (Phi) is 4.23. The molecule has 1 aromatic heterocycles. The molecule has 0 aliphatic carbocycles. The van der Waals surface area contributed by atoms with Crippen LogP contribution in [-0.4, -0.2) is 24.1 Å². The van der Waals surface area contributed by atoms with E-state index in [1.165, 1.54) is 25.3 Å². The molecule has 1 amide bonds. The van der Waals surface area contributed by atoms with Crippen LogP contribution < -0.4 is 10.1 Å². The van der Waals surface area contributed by atoms with E-state index >= 15 is 0 Å². The highest BCUT2D eigenvalue weighted by molar-refractivity contribution is 7.16. The first-order valence-corrected chi connectivity index (χ1v) is 6.72. The normalized spacial score (nSPS) is 10.2. The van der Waals surface area contributed by atoms with Gasteiger partial charge in [-0.05, 0) is 31.2 Å². The molecule has 1 heterocycles. The smallest absolute Gasteiger partial charge is 0.338 e. The first kappa shape index (κ1) is 15.0. The number of benzene rings is 1. The number of amides is 1.